The molecule has 3 rings (SSSR count). The second-order valence-corrected chi connectivity index (χ2v) is 11.4. The molecule has 2 fully saturated rings. The van der Waals surface area contributed by atoms with Gasteiger partial charge in [0, 0.05) is 31.4 Å². The van der Waals surface area contributed by atoms with E-state index in [2.05, 4.69) is 10.6 Å². The molecule has 1 aliphatic carbocycles. The van der Waals surface area contributed by atoms with Crippen LogP contribution in [-0.4, -0.2) is 60.0 Å². The lowest BCUT2D eigenvalue weighted by atomic mass is 10.1. The van der Waals surface area contributed by atoms with E-state index < -0.39 is 35.1 Å². The summed E-state index contributed by atoms with van der Waals surface area (Å²) in [4.78, 5) is 39.2. The smallest absolute Gasteiger partial charge is 0.432 e. The van der Waals surface area contributed by atoms with Crippen molar-refractivity contribution in [2.24, 2.45) is 11.8 Å². The third-order valence-electron chi connectivity index (χ3n) is 5.62. The van der Waals surface area contributed by atoms with E-state index in [-0.39, 0.29) is 17.5 Å². The SMILES string of the molecule is CC(C)(C)OC(=O)NCC1CCN(c2cc(NC3CC3)c(C(=O)N(N)C(=O)OC(C)(C)C)cc2F)C1. The molecule has 1 unspecified atom stereocenters. The lowest BCUT2D eigenvalue weighted by molar-refractivity contribution is 0.0239. The van der Waals surface area contributed by atoms with Gasteiger partial charge in [-0.05, 0) is 78.9 Å². The van der Waals surface area contributed by atoms with E-state index in [0.29, 0.717) is 36.0 Å². The summed E-state index contributed by atoms with van der Waals surface area (Å²) in [6.07, 6.45) is 1.12. The number of benzene rings is 1. The number of halogens is 1. The van der Waals surface area contributed by atoms with Crippen LogP contribution in [0.25, 0.3) is 0 Å². The van der Waals surface area contributed by atoms with Gasteiger partial charge in [-0.3, -0.25) is 4.79 Å². The van der Waals surface area contributed by atoms with Crippen LogP contribution < -0.4 is 21.4 Å². The largest absolute Gasteiger partial charge is 0.444 e. The molecular formula is C25H38FN5O5. The van der Waals surface area contributed by atoms with E-state index >= 15 is 4.39 Å². The van der Waals surface area contributed by atoms with Crippen molar-refractivity contribution >= 4 is 29.5 Å². The van der Waals surface area contributed by atoms with E-state index in [4.69, 9.17) is 15.3 Å². The van der Waals surface area contributed by atoms with Crippen LogP contribution in [0.15, 0.2) is 12.1 Å². The summed E-state index contributed by atoms with van der Waals surface area (Å²) in [5.41, 5.74) is -0.715. The maximum absolute atomic E-state index is 15.3. The fourth-order valence-corrected chi connectivity index (χ4v) is 3.83. The van der Waals surface area contributed by atoms with Crippen molar-refractivity contribution in [3.63, 3.8) is 0 Å². The highest BCUT2D eigenvalue weighted by Gasteiger charge is 2.32. The van der Waals surface area contributed by atoms with Gasteiger partial charge in [0.05, 0.1) is 11.3 Å². The fourth-order valence-electron chi connectivity index (χ4n) is 3.83. The van der Waals surface area contributed by atoms with Gasteiger partial charge in [-0.2, -0.15) is 5.01 Å². The molecule has 3 amide bonds. The number of nitrogens with two attached hydrogens (primary N) is 1. The quantitative estimate of drug-likeness (QED) is 0.300. The molecule has 4 N–H and O–H groups in total. The van der Waals surface area contributed by atoms with Crippen LogP contribution in [0.2, 0.25) is 0 Å². The van der Waals surface area contributed by atoms with Gasteiger partial charge < -0.3 is 25.0 Å². The Hall–Kier alpha value is -3.08. The summed E-state index contributed by atoms with van der Waals surface area (Å²) in [5, 5.41) is 6.39. The first kappa shape index (κ1) is 27.5. The molecule has 1 atom stereocenters. The Morgan fingerprint density at radius 2 is 1.72 bits per heavy atom. The highest BCUT2D eigenvalue weighted by Crippen LogP contribution is 2.34. The maximum Gasteiger partial charge on any atom is 0.432 e. The van der Waals surface area contributed by atoms with Crippen molar-refractivity contribution in [1.82, 2.24) is 10.3 Å². The molecule has 0 radical (unpaired) electrons. The van der Waals surface area contributed by atoms with E-state index in [1.54, 1.807) is 47.6 Å². The van der Waals surface area contributed by atoms with E-state index in [1.807, 2.05) is 4.90 Å². The zero-order chi connectivity index (χ0) is 26.8. The Morgan fingerprint density at radius 1 is 1.08 bits per heavy atom. The molecule has 10 nitrogen and oxygen atoms in total. The monoisotopic (exact) mass is 507 g/mol. The van der Waals surface area contributed by atoms with Gasteiger partial charge >= 0.3 is 12.2 Å². The van der Waals surface area contributed by atoms with E-state index in [9.17, 15) is 14.4 Å². The lowest BCUT2D eigenvalue weighted by Gasteiger charge is -2.25. The molecule has 1 aliphatic heterocycles. The van der Waals surface area contributed by atoms with Crippen molar-refractivity contribution in [3.05, 3.63) is 23.5 Å². The molecule has 1 saturated heterocycles. The zero-order valence-corrected chi connectivity index (χ0v) is 21.9. The van der Waals surface area contributed by atoms with E-state index in [0.717, 1.165) is 25.3 Å². The van der Waals surface area contributed by atoms with Gasteiger partial charge in [-0.15, -0.1) is 0 Å². The van der Waals surface area contributed by atoms with Gasteiger partial charge in [0.15, 0.2) is 0 Å². The number of ether oxygens (including phenoxy) is 2. The molecule has 1 heterocycles. The highest BCUT2D eigenvalue weighted by atomic mass is 19.1. The molecule has 200 valence electrons. The van der Waals surface area contributed by atoms with Gasteiger partial charge in [-0.1, -0.05) is 0 Å². The number of nitrogens with one attached hydrogen (secondary N) is 2. The minimum absolute atomic E-state index is 0.0427. The van der Waals surface area contributed by atoms with Crippen molar-refractivity contribution in [2.75, 3.05) is 29.9 Å². The summed E-state index contributed by atoms with van der Waals surface area (Å²) >= 11 is 0. The van der Waals surface area contributed by atoms with Crippen LogP contribution in [0.5, 0.6) is 0 Å². The first-order valence-electron chi connectivity index (χ1n) is 12.3. The number of alkyl carbamates (subject to hydrolysis) is 1. The third-order valence-corrected chi connectivity index (χ3v) is 5.62. The number of hydrogen-bond acceptors (Lipinski definition) is 8. The summed E-state index contributed by atoms with van der Waals surface area (Å²) in [5.74, 6) is 4.40. The summed E-state index contributed by atoms with van der Waals surface area (Å²) in [6.45, 7) is 11.9. The maximum atomic E-state index is 15.3. The fraction of sp³-hybridized carbons (Fsp3) is 0.640. The molecular weight excluding hydrogens is 469 g/mol. The normalized spacial score (nSPS) is 18.0. The molecule has 0 bridgehead atoms. The first-order chi connectivity index (χ1) is 16.6. The molecule has 1 aromatic carbocycles. The Labute approximate surface area is 211 Å². The number of amides is 3. The zero-order valence-electron chi connectivity index (χ0n) is 21.9. The number of hydrogen-bond donors (Lipinski definition) is 3. The second-order valence-electron chi connectivity index (χ2n) is 11.4. The summed E-state index contributed by atoms with van der Waals surface area (Å²) in [7, 11) is 0. The average molecular weight is 508 g/mol. The molecule has 11 heteroatoms. The van der Waals surface area contributed by atoms with Crippen LogP contribution in [0.4, 0.5) is 25.4 Å². The minimum atomic E-state index is -1.02. The molecule has 36 heavy (non-hydrogen) atoms. The Kier molecular flexibility index (Phi) is 8.02. The Morgan fingerprint density at radius 3 is 2.31 bits per heavy atom. The Balaban J connectivity index is 1.73. The highest BCUT2D eigenvalue weighted by molar-refractivity contribution is 6.06. The van der Waals surface area contributed by atoms with Gasteiger partial charge in [0.2, 0.25) is 0 Å². The molecule has 2 aliphatic rings. The van der Waals surface area contributed by atoms with Gasteiger partial charge in [0.25, 0.3) is 5.91 Å². The number of rotatable bonds is 6. The van der Waals surface area contributed by atoms with Crippen LogP contribution in [0, 0.1) is 11.7 Å². The molecule has 1 saturated carbocycles. The van der Waals surface area contributed by atoms with Crippen molar-refractivity contribution < 1.29 is 28.2 Å². The van der Waals surface area contributed by atoms with Crippen molar-refractivity contribution in [3.8, 4) is 0 Å². The second kappa shape index (κ2) is 10.5. The lowest BCUT2D eigenvalue weighted by Crippen LogP contribution is -2.45. The van der Waals surface area contributed by atoms with Crippen LogP contribution in [0.3, 0.4) is 0 Å². The minimum Gasteiger partial charge on any atom is -0.444 e. The van der Waals surface area contributed by atoms with E-state index in [1.165, 1.54) is 0 Å². The molecule has 0 spiro atoms. The summed E-state index contributed by atoms with van der Waals surface area (Å²) < 4.78 is 25.7. The topological polar surface area (TPSA) is 126 Å². The number of imide groups is 1. The third kappa shape index (κ3) is 7.71. The number of hydrazine groups is 1. The van der Waals surface area contributed by atoms with Gasteiger partial charge in [-0.25, -0.2) is 19.8 Å². The number of nitrogens with zero attached hydrogens (tertiary/aromatic N) is 2. The number of carbonyl (C=O) groups is 3. The predicted molar refractivity (Wildman–Crippen MR) is 134 cm³/mol. The van der Waals surface area contributed by atoms with Crippen LogP contribution in [-0.2, 0) is 9.47 Å². The predicted octanol–water partition coefficient (Wildman–Crippen LogP) is 4.00. The van der Waals surface area contributed by atoms with Crippen LogP contribution >= 0.6 is 0 Å². The Bertz CT molecular complexity index is 1000. The van der Waals surface area contributed by atoms with Crippen LogP contribution in [0.1, 0.15) is 71.2 Å². The standard InChI is InChI=1S/C25H38FN5O5/c1-24(2,3)35-22(33)28-13-15-9-10-30(14-15)20-12-19(29-16-7-8-16)17(11-18(20)26)21(32)31(27)23(34)36-25(4,5)6/h11-12,15-16,29H,7-10,13-14,27H2,1-6H3,(H,28,33). The van der Waals surface area contributed by atoms with Gasteiger partial charge in [0.1, 0.15) is 17.0 Å². The van der Waals surface area contributed by atoms with Crippen molar-refractivity contribution in [1.29, 1.82) is 0 Å². The average Bonchev–Trinajstić information content (AvgIpc) is 3.43. The molecule has 0 aromatic heterocycles. The summed E-state index contributed by atoms with van der Waals surface area (Å²) in [6, 6.07) is 2.87. The number of carbonyl (C=O) groups excluding carboxylic acids is 3. The number of anilines is 2. The molecule has 1 aromatic rings. The first-order valence-corrected chi connectivity index (χ1v) is 12.3. The van der Waals surface area contributed by atoms with Crippen molar-refractivity contribution in [2.45, 2.75) is 78.0 Å².